The number of carbonyl (C=O) groups excluding carboxylic acids is 1. The molecule has 0 bridgehead atoms. The highest BCUT2D eigenvalue weighted by Crippen LogP contribution is 2.36. The first-order chi connectivity index (χ1) is 22.2. The molecule has 4 rings (SSSR count). The van der Waals surface area contributed by atoms with Crippen LogP contribution in [0.1, 0.15) is 45.5 Å². The number of alkyl halides is 3. The fraction of sp³-hybridized carbons (Fsp3) is 0.516. The van der Waals surface area contributed by atoms with Gasteiger partial charge in [0.15, 0.2) is 0 Å². The van der Waals surface area contributed by atoms with Crippen molar-refractivity contribution in [3.05, 3.63) is 64.2 Å². The number of ether oxygens (including phenoxy) is 3. The van der Waals surface area contributed by atoms with Gasteiger partial charge in [-0.15, -0.1) is 12.4 Å². The van der Waals surface area contributed by atoms with Crippen molar-refractivity contribution in [3.8, 4) is 5.75 Å². The van der Waals surface area contributed by atoms with E-state index in [-0.39, 0.29) is 86.4 Å². The van der Waals surface area contributed by atoms with Crippen molar-refractivity contribution >= 4 is 40.1 Å². The molecule has 1 saturated heterocycles. The van der Waals surface area contributed by atoms with Crippen LogP contribution in [0, 0.1) is 6.92 Å². The van der Waals surface area contributed by atoms with E-state index in [0.29, 0.717) is 37.5 Å². The standard InChI is InChI=1S/C31H39F3N4O8S.ClH/c1-21-17-23(28(39)40)4-3-22(21)5-16-47(42,43)38-9-6-30(7-10-38)29(41)36-27(37-30)24-18-25(31(32,33)34)20-26(19-24)46-15-14-45-13-12-44-11-8-35-2;/h3-4,17-20,35H,5-16H2,1-2H3,(H,39,40)(H,36,37,41);1H. The van der Waals surface area contributed by atoms with E-state index in [9.17, 15) is 31.2 Å². The van der Waals surface area contributed by atoms with Gasteiger partial charge in [0.1, 0.15) is 23.7 Å². The minimum Gasteiger partial charge on any atom is -0.491 e. The summed E-state index contributed by atoms with van der Waals surface area (Å²) in [7, 11) is -1.92. The van der Waals surface area contributed by atoms with Gasteiger partial charge in [-0.05, 0) is 74.7 Å². The number of carboxylic acids is 1. The number of aliphatic imine (C=N–C) groups is 1. The summed E-state index contributed by atoms with van der Waals surface area (Å²) in [5, 5.41) is 14.7. The van der Waals surface area contributed by atoms with Crippen molar-refractivity contribution in [1.82, 2.24) is 14.9 Å². The predicted molar refractivity (Wildman–Crippen MR) is 174 cm³/mol. The molecule has 12 nitrogen and oxygen atoms in total. The average Bonchev–Trinajstić information content (AvgIpc) is 3.34. The number of halogens is 4. The summed E-state index contributed by atoms with van der Waals surface area (Å²) < 4.78 is 85.1. The van der Waals surface area contributed by atoms with E-state index in [0.717, 1.165) is 12.1 Å². The molecule has 0 aromatic heterocycles. The Balaban J connectivity index is 0.00000625. The molecule has 1 fully saturated rings. The van der Waals surface area contributed by atoms with Crippen LogP contribution in [0.15, 0.2) is 41.4 Å². The number of nitrogens with one attached hydrogen (secondary N) is 2. The van der Waals surface area contributed by atoms with Gasteiger partial charge >= 0.3 is 12.1 Å². The highest BCUT2D eigenvalue weighted by atomic mass is 35.5. The molecule has 17 heteroatoms. The van der Waals surface area contributed by atoms with Gasteiger partial charge in [-0.3, -0.25) is 9.79 Å². The van der Waals surface area contributed by atoms with Crippen LogP contribution in [-0.4, -0.2) is 107 Å². The first-order valence-electron chi connectivity index (χ1n) is 15.1. The number of aryl methyl sites for hydroxylation is 2. The summed E-state index contributed by atoms with van der Waals surface area (Å²) in [5.41, 5.74) is -0.794. The predicted octanol–water partition coefficient (Wildman–Crippen LogP) is 3.05. The zero-order valence-corrected chi connectivity index (χ0v) is 28.2. The number of rotatable bonds is 16. The Morgan fingerprint density at radius 3 is 2.35 bits per heavy atom. The average molecular weight is 721 g/mol. The third kappa shape index (κ3) is 10.1. The maximum Gasteiger partial charge on any atom is 0.416 e. The molecule has 0 atom stereocenters. The maximum absolute atomic E-state index is 13.8. The lowest BCUT2D eigenvalue weighted by atomic mass is 9.89. The molecule has 3 N–H and O–H groups in total. The van der Waals surface area contributed by atoms with E-state index in [1.807, 2.05) is 0 Å². The Morgan fingerprint density at radius 2 is 1.73 bits per heavy atom. The van der Waals surface area contributed by atoms with Gasteiger partial charge in [-0.25, -0.2) is 17.5 Å². The van der Waals surface area contributed by atoms with Gasteiger partial charge in [-0.1, -0.05) is 6.07 Å². The Kier molecular flexibility index (Phi) is 13.8. The van der Waals surface area contributed by atoms with Crippen molar-refractivity contribution in [2.75, 3.05) is 65.5 Å². The lowest BCUT2D eigenvalue weighted by Gasteiger charge is -2.34. The number of hydrogen-bond donors (Lipinski definition) is 3. The van der Waals surface area contributed by atoms with Gasteiger partial charge in [-0.2, -0.15) is 13.2 Å². The third-order valence-corrected chi connectivity index (χ3v) is 9.89. The number of carboxylic acid groups (broad SMARTS) is 1. The number of sulfonamides is 1. The summed E-state index contributed by atoms with van der Waals surface area (Å²) in [5.74, 6) is -1.91. The van der Waals surface area contributed by atoms with Gasteiger partial charge < -0.3 is 30.0 Å². The lowest BCUT2D eigenvalue weighted by molar-refractivity contribution is -0.137. The second kappa shape index (κ2) is 16.9. The highest BCUT2D eigenvalue weighted by molar-refractivity contribution is 7.89. The minimum atomic E-state index is -4.69. The van der Waals surface area contributed by atoms with Gasteiger partial charge in [0.2, 0.25) is 10.0 Å². The minimum absolute atomic E-state index is 0. The van der Waals surface area contributed by atoms with E-state index in [1.54, 1.807) is 20.0 Å². The number of piperidine rings is 1. The number of likely N-dealkylation sites (N-methyl/N-ethyl adjacent to an activating group) is 1. The molecule has 0 radical (unpaired) electrons. The zero-order valence-electron chi connectivity index (χ0n) is 26.6. The Labute approximate surface area is 283 Å². The smallest absolute Gasteiger partial charge is 0.416 e. The van der Waals surface area contributed by atoms with Crippen LogP contribution in [-0.2, 0) is 36.9 Å². The monoisotopic (exact) mass is 720 g/mol. The largest absolute Gasteiger partial charge is 0.491 e. The summed E-state index contributed by atoms with van der Waals surface area (Å²) in [6.45, 7) is 3.71. The van der Waals surface area contributed by atoms with Gasteiger partial charge in [0, 0.05) is 25.2 Å². The molecule has 2 aromatic rings. The quantitative estimate of drug-likeness (QED) is 0.222. The van der Waals surface area contributed by atoms with Crippen LogP contribution in [0.5, 0.6) is 5.75 Å². The maximum atomic E-state index is 13.8. The van der Waals surface area contributed by atoms with E-state index in [2.05, 4.69) is 15.6 Å². The normalized spacial score (nSPS) is 16.4. The lowest BCUT2D eigenvalue weighted by Crippen LogP contribution is -2.50. The van der Waals surface area contributed by atoms with E-state index >= 15 is 0 Å². The molecule has 2 heterocycles. The van der Waals surface area contributed by atoms with Crippen molar-refractivity contribution in [2.24, 2.45) is 4.99 Å². The summed E-state index contributed by atoms with van der Waals surface area (Å²) in [6, 6.07) is 7.62. The Bertz CT molecular complexity index is 1580. The molecular weight excluding hydrogens is 681 g/mol. The first kappa shape index (κ1) is 39.2. The molecule has 2 aliphatic rings. The fourth-order valence-electron chi connectivity index (χ4n) is 5.30. The van der Waals surface area contributed by atoms with Gasteiger partial charge in [0.05, 0.1) is 43.3 Å². The molecule has 48 heavy (non-hydrogen) atoms. The van der Waals surface area contributed by atoms with E-state index < -0.39 is 39.2 Å². The van der Waals surface area contributed by atoms with Crippen molar-refractivity contribution in [3.63, 3.8) is 0 Å². The number of amides is 1. The molecule has 2 aliphatic heterocycles. The summed E-state index contributed by atoms with van der Waals surface area (Å²) in [6.07, 6.45) is -4.42. The number of aromatic carboxylic acids is 1. The second-order valence-corrected chi connectivity index (χ2v) is 13.4. The second-order valence-electron chi connectivity index (χ2n) is 11.3. The highest BCUT2D eigenvalue weighted by Gasteiger charge is 2.47. The van der Waals surface area contributed by atoms with Crippen molar-refractivity contribution in [1.29, 1.82) is 0 Å². The summed E-state index contributed by atoms with van der Waals surface area (Å²) >= 11 is 0. The fourth-order valence-corrected chi connectivity index (χ4v) is 6.78. The van der Waals surface area contributed by atoms with Crippen LogP contribution in [0.2, 0.25) is 0 Å². The van der Waals surface area contributed by atoms with E-state index in [1.165, 1.54) is 22.5 Å². The number of benzene rings is 2. The number of carbonyl (C=O) groups is 2. The Hall–Kier alpha value is -3.28. The summed E-state index contributed by atoms with van der Waals surface area (Å²) in [4.78, 5) is 28.8. The van der Waals surface area contributed by atoms with Crippen molar-refractivity contribution < 1.29 is 50.5 Å². The molecule has 0 aliphatic carbocycles. The molecule has 1 spiro atoms. The molecular formula is C31H40ClF3N4O8S. The molecule has 266 valence electrons. The molecule has 1 amide bonds. The van der Waals surface area contributed by atoms with Gasteiger partial charge in [0.25, 0.3) is 5.91 Å². The van der Waals surface area contributed by atoms with Crippen LogP contribution in [0.25, 0.3) is 0 Å². The third-order valence-electron chi connectivity index (χ3n) is 8.01. The molecule has 0 unspecified atom stereocenters. The van der Waals surface area contributed by atoms with Crippen molar-refractivity contribution in [2.45, 2.75) is 37.9 Å². The zero-order chi connectivity index (χ0) is 34.2. The SMILES string of the molecule is CNCCOCCOCCOc1cc(C2=NC3(CCN(S(=O)(=O)CCc4ccc(C(=O)O)cc4C)CC3)C(=O)N2)cc(C(F)(F)F)c1.Cl. The van der Waals surface area contributed by atoms with Crippen LogP contribution in [0.3, 0.4) is 0 Å². The Morgan fingerprint density at radius 1 is 1.06 bits per heavy atom. The number of hydrogen-bond acceptors (Lipinski definition) is 9. The first-order valence-corrected chi connectivity index (χ1v) is 16.7. The number of nitrogens with zero attached hydrogens (tertiary/aromatic N) is 2. The van der Waals surface area contributed by atoms with E-state index in [4.69, 9.17) is 19.3 Å². The molecule has 2 aromatic carbocycles. The topological polar surface area (TPSA) is 156 Å². The molecule has 0 saturated carbocycles. The van der Waals surface area contributed by atoms with Crippen LogP contribution in [0.4, 0.5) is 13.2 Å². The van der Waals surface area contributed by atoms with Crippen LogP contribution < -0.4 is 15.4 Å². The van der Waals surface area contributed by atoms with Crippen LogP contribution >= 0.6 is 12.4 Å². The number of amidine groups is 1.